The lowest BCUT2D eigenvalue weighted by Crippen LogP contribution is -2.04. The van der Waals surface area contributed by atoms with E-state index in [0.717, 1.165) is 4.90 Å². The molecule has 0 atom stereocenters. The van der Waals surface area contributed by atoms with Gasteiger partial charge in [0.15, 0.2) is 5.78 Å². The van der Waals surface area contributed by atoms with Gasteiger partial charge < -0.3 is 0 Å². The van der Waals surface area contributed by atoms with Crippen molar-refractivity contribution < 1.29 is 9.18 Å². The van der Waals surface area contributed by atoms with Crippen LogP contribution in [0.3, 0.4) is 0 Å². The quantitative estimate of drug-likeness (QED) is 0.608. The Bertz CT molecular complexity index is 571. The van der Waals surface area contributed by atoms with E-state index in [2.05, 4.69) is 0 Å². The molecule has 0 aliphatic heterocycles. The lowest BCUT2D eigenvalue weighted by Gasteiger charge is -2.04. The maximum atomic E-state index is 13.4. The highest BCUT2D eigenvalue weighted by atomic mass is 35.5. The highest BCUT2D eigenvalue weighted by molar-refractivity contribution is 8.00. The lowest BCUT2D eigenvalue weighted by molar-refractivity contribution is 0.101. The number of hydrogen-bond acceptors (Lipinski definition) is 2. The predicted molar refractivity (Wildman–Crippen MR) is 72.9 cm³/mol. The maximum Gasteiger partial charge on any atom is 0.176 e. The van der Waals surface area contributed by atoms with Crippen LogP contribution in [0.4, 0.5) is 4.39 Å². The number of rotatable bonds is 4. The zero-order valence-corrected chi connectivity index (χ0v) is 11.0. The van der Waals surface area contributed by atoms with E-state index in [1.54, 1.807) is 18.2 Å². The second-order valence-electron chi connectivity index (χ2n) is 3.62. The molecule has 0 spiro atoms. The Morgan fingerprint density at radius 3 is 2.50 bits per heavy atom. The van der Waals surface area contributed by atoms with Crippen LogP contribution < -0.4 is 0 Å². The number of hydrogen-bond donors (Lipinski definition) is 0. The van der Waals surface area contributed by atoms with Crippen LogP contribution in [0, 0.1) is 5.82 Å². The molecular weight excluding hydrogens is 271 g/mol. The molecule has 0 aromatic heterocycles. The summed E-state index contributed by atoms with van der Waals surface area (Å²) in [5.41, 5.74) is 0.122. The Labute approximate surface area is 114 Å². The van der Waals surface area contributed by atoms with E-state index in [4.69, 9.17) is 11.6 Å². The van der Waals surface area contributed by atoms with Crippen LogP contribution >= 0.6 is 23.4 Å². The standard InChI is InChI=1S/C14H10ClFOS/c15-11-6-2-4-8-14(11)18-9-13(17)10-5-1-3-7-12(10)16/h1-8H,9H2. The normalized spacial score (nSPS) is 10.3. The van der Waals surface area contributed by atoms with Crippen molar-refractivity contribution in [1.82, 2.24) is 0 Å². The Morgan fingerprint density at radius 1 is 1.11 bits per heavy atom. The van der Waals surface area contributed by atoms with Crippen LogP contribution in [-0.4, -0.2) is 11.5 Å². The Hall–Kier alpha value is -1.32. The van der Waals surface area contributed by atoms with Gasteiger partial charge in [-0.2, -0.15) is 0 Å². The molecule has 0 heterocycles. The van der Waals surface area contributed by atoms with Crippen molar-refractivity contribution in [1.29, 1.82) is 0 Å². The van der Waals surface area contributed by atoms with Crippen LogP contribution in [0.25, 0.3) is 0 Å². The minimum absolute atomic E-state index is 0.122. The molecule has 0 amide bonds. The van der Waals surface area contributed by atoms with Crippen molar-refractivity contribution in [2.75, 3.05) is 5.75 Å². The third-order valence-electron chi connectivity index (χ3n) is 2.37. The fraction of sp³-hybridized carbons (Fsp3) is 0.0714. The van der Waals surface area contributed by atoms with E-state index in [9.17, 15) is 9.18 Å². The minimum Gasteiger partial charge on any atom is -0.293 e. The minimum atomic E-state index is -0.484. The highest BCUT2D eigenvalue weighted by Gasteiger charge is 2.11. The van der Waals surface area contributed by atoms with Crippen molar-refractivity contribution in [2.24, 2.45) is 0 Å². The molecule has 18 heavy (non-hydrogen) atoms. The molecule has 1 nitrogen and oxygen atoms in total. The summed E-state index contributed by atoms with van der Waals surface area (Å²) in [7, 11) is 0. The first-order valence-corrected chi connectivity index (χ1v) is 6.70. The molecule has 0 aliphatic carbocycles. The average molecular weight is 281 g/mol. The summed E-state index contributed by atoms with van der Waals surface area (Å²) >= 11 is 7.29. The van der Waals surface area contributed by atoms with Crippen molar-refractivity contribution in [3.8, 4) is 0 Å². The summed E-state index contributed by atoms with van der Waals surface area (Å²) < 4.78 is 13.4. The van der Waals surface area contributed by atoms with Crippen molar-refractivity contribution in [2.45, 2.75) is 4.90 Å². The predicted octanol–water partition coefficient (Wildman–Crippen LogP) is 4.45. The summed E-state index contributed by atoms with van der Waals surface area (Å²) in [5, 5.41) is 0.601. The zero-order valence-electron chi connectivity index (χ0n) is 9.40. The first kappa shape index (κ1) is 13.1. The van der Waals surface area contributed by atoms with Crippen molar-refractivity contribution in [3.63, 3.8) is 0 Å². The third kappa shape index (κ3) is 3.12. The van der Waals surface area contributed by atoms with E-state index in [1.165, 1.54) is 23.9 Å². The molecule has 0 fully saturated rings. The first-order chi connectivity index (χ1) is 8.68. The lowest BCUT2D eigenvalue weighted by atomic mass is 10.1. The van der Waals surface area contributed by atoms with Crippen LogP contribution in [0.1, 0.15) is 10.4 Å². The van der Waals surface area contributed by atoms with E-state index in [0.29, 0.717) is 5.02 Å². The second kappa shape index (κ2) is 6.03. The fourth-order valence-electron chi connectivity index (χ4n) is 1.47. The fourth-order valence-corrected chi connectivity index (χ4v) is 2.59. The molecule has 0 saturated heterocycles. The number of ketones is 1. The first-order valence-electron chi connectivity index (χ1n) is 5.33. The highest BCUT2D eigenvalue weighted by Crippen LogP contribution is 2.27. The number of thioether (sulfide) groups is 1. The van der Waals surface area contributed by atoms with Gasteiger partial charge in [-0.3, -0.25) is 4.79 Å². The van der Waals surface area contributed by atoms with Crippen LogP contribution in [-0.2, 0) is 0 Å². The Kier molecular flexibility index (Phi) is 4.39. The molecule has 0 aliphatic rings. The van der Waals surface area contributed by atoms with E-state index in [1.807, 2.05) is 18.2 Å². The topological polar surface area (TPSA) is 17.1 Å². The summed E-state index contributed by atoms with van der Waals surface area (Å²) in [6, 6.07) is 13.3. The van der Waals surface area contributed by atoms with Crippen LogP contribution in [0.15, 0.2) is 53.4 Å². The molecule has 0 radical (unpaired) electrons. The van der Waals surface area contributed by atoms with Gasteiger partial charge in [0.2, 0.25) is 0 Å². The van der Waals surface area contributed by atoms with Gasteiger partial charge in [-0.05, 0) is 24.3 Å². The summed E-state index contributed by atoms with van der Waals surface area (Å²) in [6.45, 7) is 0. The van der Waals surface area contributed by atoms with Crippen LogP contribution in [0.2, 0.25) is 5.02 Å². The van der Waals surface area contributed by atoms with Gasteiger partial charge in [0.1, 0.15) is 5.82 Å². The van der Waals surface area contributed by atoms with Gasteiger partial charge in [-0.25, -0.2) is 4.39 Å². The van der Waals surface area contributed by atoms with Gasteiger partial charge in [0.25, 0.3) is 0 Å². The summed E-state index contributed by atoms with van der Waals surface area (Å²) in [5.74, 6) is -0.551. The summed E-state index contributed by atoms with van der Waals surface area (Å²) in [4.78, 5) is 12.7. The number of carbonyl (C=O) groups is 1. The van der Waals surface area contributed by atoms with Gasteiger partial charge >= 0.3 is 0 Å². The van der Waals surface area contributed by atoms with Gasteiger partial charge in [0.05, 0.1) is 16.3 Å². The van der Waals surface area contributed by atoms with E-state index >= 15 is 0 Å². The van der Waals surface area contributed by atoms with Crippen molar-refractivity contribution in [3.05, 3.63) is 64.9 Å². The second-order valence-corrected chi connectivity index (χ2v) is 5.05. The molecule has 0 bridgehead atoms. The largest absolute Gasteiger partial charge is 0.293 e. The molecule has 92 valence electrons. The molecule has 2 rings (SSSR count). The average Bonchev–Trinajstić information content (AvgIpc) is 2.38. The molecule has 0 saturated carbocycles. The van der Waals surface area contributed by atoms with Gasteiger partial charge in [0, 0.05) is 4.90 Å². The number of carbonyl (C=O) groups excluding carboxylic acids is 1. The van der Waals surface area contributed by atoms with Gasteiger partial charge in [-0.1, -0.05) is 35.9 Å². The monoisotopic (exact) mass is 280 g/mol. The number of halogens is 2. The van der Waals surface area contributed by atoms with Crippen molar-refractivity contribution >= 4 is 29.1 Å². The molecular formula is C14H10ClFOS. The van der Waals surface area contributed by atoms with Crippen LogP contribution in [0.5, 0.6) is 0 Å². The maximum absolute atomic E-state index is 13.4. The van der Waals surface area contributed by atoms with Gasteiger partial charge in [-0.15, -0.1) is 11.8 Å². The Morgan fingerprint density at radius 2 is 1.78 bits per heavy atom. The molecule has 0 unspecified atom stereocenters. The number of Topliss-reactive ketones (excluding diaryl/α,β-unsaturated/α-hetero) is 1. The zero-order chi connectivity index (χ0) is 13.0. The smallest absolute Gasteiger partial charge is 0.176 e. The van der Waals surface area contributed by atoms with E-state index in [-0.39, 0.29) is 17.1 Å². The molecule has 2 aromatic carbocycles. The molecule has 2 aromatic rings. The molecule has 0 N–H and O–H groups in total. The molecule has 4 heteroatoms. The Balaban J connectivity index is 2.06. The number of benzene rings is 2. The SMILES string of the molecule is O=C(CSc1ccccc1Cl)c1ccccc1F. The van der Waals surface area contributed by atoms with E-state index < -0.39 is 5.82 Å². The summed E-state index contributed by atoms with van der Waals surface area (Å²) in [6.07, 6.45) is 0. The third-order valence-corrected chi connectivity index (χ3v) is 3.88.